The summed E-state index contributed by atoms with van der Waals surface area (Å²) in [7, 11) is 3.39. The van der Waals surface area contributed by atoms with Crippen molar-refractivity contribution in [2.24, 2.45) is 0 Å². The van der Waals surface area contributed by atoms with Gasteiger partial charge in [0.15, 0.2) is 0 Å². The lowest BCUT2D eigenvalue weighted by molar-refractivity contribution is -0.126. The lowest BCUT2D eigenvalue weighted by Gasteiger charge is -2.13. The zero-order valence-electron chi connectivity index (χ0n) is 8.75. The summed E-state index contributed by atoms with van der Waals surface area (Å²) in [6.45, 7) is 0.181. The lowest BCUT2D eigenvalue weighted by Crippen LogP contribution is -2.28. The third-order valence-electron chi connectivity index (χ3n) is 1.96. The molecule has 0 saturated carbocycles. The van der Waals surface area contributed by atoms with Crippen LogP contribution in [0.5, 0.6) is 0 Å². The number of rotatable bonds is 3. The maximum atomic E-state index is 11.3. The van der Waals surface area contributed by atoms with Crippen LogP contribution in [0.3, 0.4) is 0 Å². The molecule has 5 heteroatoms. The number of nitrogens with two attached hydrogens (primary N) is 1. The molecule has 0 bridgehead atoms. The minimum absolute atomic E-state index is 0.0330. The third-order valence-corrected chi connectivity index (χ3v) is 2.28. The lowest BCUT2D eigenvalue weighted by atomic mass is 10.2. The number of para-hydroxylation sites is 1. The van der Waals surface area contributed by atoms with Crippen LogP contribution < -0.4 is 11.1 Å². The molecule has 0 fully saturated rings. The number of nitrogen functional groups attached to an aromatic ring is 1. The molecule has 0 saturated heterocycles. The highest BCUT2D eigenvalue weighted by atomic mass is 35.5. The van der Waals surface area contributed by atoms with Gasteiger partial charge in [0.05, 0.1) is 22.9 Å². The van der Waals surface area contributed by atoms with Crippen molar-refractivity contribution in [3.8, 4) is 0 Å². The summed E-state index contributed by atoms with van der Waals surface area (Å²) in [5, 5.41) is 3.43. The van der Waals surface area contributed by atoms with Gasteiger partial charge in [-0.1, -0.05) is 17.7 Å². The van der Waals surface area contributed by atoms with Crippen LogP contribution >= 0.6 is 11.6 Å². The molecule has 1 amide bonds. The van der Waals surface area contributed by atoms with Crippen molar-refractivity contribution in [3.63, 3.8) is 0 Å². The molecule has 0 aromatic heterocycles. The van der Waals surface area contributed by atoms with Crippen molar-refractivity contribution >= 4 is 28.9 Å². The Hall–Kier alpha value is -1.42. The van der Waals surface area contributed by atoms with Gasteiger partial charge in [-0.3, -0.25) is 4.79 Å². The molecule has 4 nitrogen and oxygen atoms in total. The van der Waals surface area contributed by atoms with Gasteiger partial charge in [0, 0.05) is 14.1 Å². The molecule has 15 heavy (non-hydrogen) atoms. The van der Waals surface area contributed by atoms with E-state index in [0.29, 0.717) is 16.4 Å². The van der Waals surface area contributed by atoms with Crippen LogP contribution in [-0.4, -0.2) is 31.4 Å². The summed E-state index contributed by atoms with van der Waals surface area (Å²) in [6.07, 6.45) is 0. The maximum Gasteiger partial charge on any atom is 0.241 e. The predicted octanol–water partition coefficient (Wildman–Crippen LogP) is 1.42. The largest absolute Gasteiger partial charge is 0.397 e. The van der Waals surface area contributed by atoms with E-state index in [1.165, 1.54) is 4.90 Å². The van der Waals surface area contributed by atoms with Gasteiger partial charge in [-0.25, -0.2) is 0 Å². The second-order valence-corrected chi connectivity index (χ2v) is 3.75. The quantitative estimate of drug-likeness (QED) is 0.768. The normalized spacial score (nSPS) is 9.80. The number of likely N-dealkylation sites (N-methyl/N-ethyl adjacent to an activating group) is 1. The number of halogens is 1. The fourth-order valence-electron chi connectivity index (χ4n) is 1.05. The molecule has 1 aromatic carbocycles. The minimum atomic E-state index is -0.0330. The number of nitrogens with zero attached hydrogens (tertiary/aromatic N) is 1. The summed E-state index contributed by atoms with van der Waals surface area (Å²) in [6, 6.07) is 5.21. The van der Waals surface area contributed by atoms with Crippen molar-refractivity contribution in [1.29, 1.82) is 0 Å². The van der Waals surface area contributed by atoms with Crippen LogP contribution in [0.4, 0.5) is 11.4 Å². The highest BCUT2D eigenvalue weighted by Crippen LogP contribution is 2.27. The SMILES string of the molecule is CN(C)C(=O)CNc1c(N)cccc1Cl. The number of hydrogen-bond acceptors (Lipinski definition) is 3. The van der Waals surface area contributed by atoms with E-state index in [2.05, 4.69) is 5.32 Å². The predicted molar refractivity (Wildman–Crippen MR) is 63.0 cm³/mol. The molecule has 82 valence electrons. The van der Waals surface area contributed by atoms with Crippen molar-refractivity contribution in [2.45, 2.75) is 0 Å². The first-order chi connectivity index (χ1) is 7.02. The molecular formula is C10H14ClN3O. The van der Waals surface area contributed by atoms with E-state index in [1.54, 1.807) is 32.3 Å². The Labute approximate surface area is 94.0 Å². The highest BCUT2D eigenvalue weighted by Gasteiger charge is 2.07. The summed E-state index contributed by atoms with van der Waals surface area (Å²) in [5.74, 6) is -0.0330. The van der Waals surface area contributed by atoms with Gasteiger partial charge in [0.25, 0.3) is 0 Å². The van der Waals surface area contributed by atoms with Crippen LogP contribution in [-0.2, 0) is 4.79 Å². The van der Waals surface area contributed by atoms with Crippen molar-refractivity contribution in [3.05, 3.63) is 23.2 Å². The molecule has 0 unspecified atom stereocenters. The average molecular weight is 228 g/mol. The summed E-state index contributed by atoms with van der Waals surface area (Å²) < 4.78 is 0. The molecule has 0 radical (unpaired) electrons. The second-order valence-electron chi connectivity index (χ2n) is 3.35. The Morgan fingerprint density at radius 3 is 2.73 bits per heavy atom. The van der Waals surface area contributed by atoms with E-state index in [4.69, 9.17) is 17.3 Å². The first-order valence-corrected chi connectivity index (χ1v) is 4.88. The van der Waals surface area contributed by atoms with Crippen molar-refractivity contribution < 1.29 is 4.79 Å². The third kappa shape index (κ3) is 3.02. The van der Waals surface area contributed by atoms with Crippen molar-refractivity contribution in [2.75, 3.05) is 31.7 Å². The number of carbonyl (C=O) groups is 1. The molecule has 0 atom stereocenters. The van der Waals surface area contributed by atoms with Gasteiger partial charge >= 0.3 is 0 Å². The highest BCUT2D eigenvalue weighted by molar-refractivity contribution is 6.33. The van der Waals surface area contributed by atoms with E-state index >= 15 is 0 Å². The smallest absolute Gasteiger partial charge is 0.241 e. The first kappa shape index (κ1) is 11.7. The molecule has 0 aliphatic carbocycles. The molecule has 0 aliphatic rings. The van der Waals surface area contributed by atoms with Crippen LogP contribution in [0.25, 0.3) is 0 Å². The van der Waals surface area contributed by atoms with E-state index < -0.39 is 0 Å². The second kappa shape index (κ2) is 4.89. The zero-order chi connectivity index (χ0) is 11.4. The topological polar surface area (TPSA) is 58.4 Å². The maximum absolute atomic E-state index is 11.3. The Kier molecular flexibility index (Phi) is 3.80. The zero-order valence-corrected chi connectivity index (χ0v) is 9.51. The van der Waals surface area contributed by atoms with Gasteiger partial charge in [0.1, 0.15) is 0 Å². The van der Waals surface area contributed by atoms with E-state index in [9.17, 15) is 4.79 Å². The molecule has 1 rings (SSSR count). The number of anilines is 2. The average Bonchev–Trinajstić information content (AvgIpc) is 2.16. The summed E-state index contributed by atoms with van der Waals surface area (Å²) in [5.41, 5.74) is 6.85. The Balaban J connectivity index is 2.69. The standard InChI is InChI=1S/C10H14ClN3O/c1-14(2)9(15)6-13-10-7(11)4-3-5-8(10)12/h3-5,13H,6,12H2,1-2H3. The molecule has 3 N–H and O–H groups in total. The number of carbonyl (C=O) groups excluding carboxylic acids is 1. The van der Waals surface area contributed by atoms with Gasteiger partial charge < -0.3 is 16.0 Å². The fraction of sp³-hybridized carbons (Fsp3) is 0.300. The summed E-state index contributed by atoms with van der Waals surface area (Å²) in [4.78, 5) is 12.8. The molecule has 0 aliphatic heterocycles. The fourth-order valence-corrected chi connectivity index (χ4v) is 1.30. The van der Waals surface area contributed by atoms with Crippen LogP contribution in [0.15, 0.2) is 18.2 Å². The first-order valence-electron chi connectivity index (χ1n) is 4.50. The molecular weight excluding hydrogens is 214 g/mol. The molecule has 0 spiro atoms. The Morgan fingerprint density at radius 2 is 2.20 bits per heavy atom. The van der Waals surface area contributed by atoms with Gasteiger partial charge in [-0.15, -0.1) is 0 Å². The Morgan fingerprint density at radius 1 is 1.53 bits per heavy atom. The number of amides is 1. The van der Waals surface area contributed by atoms with E-state index in [0.717, 1.165) is 0 Å². The van der Waals surface area contributed by atoms with E-state index in [-0.39, 0.29) is 12.5 Å². The minimum Gasteiger partial charge on any atom is -0.397 e. The van der Waals surface area contributed by atoms with E-state index in [1.807, 2.05) is 0 Å². The Bertz CT molecular complexity index is 345. The number of nitrogens with one attached hydrogen (secondary N) is 1. The number of benzene rings is 1. The molecule has 1 aromatic rings. The summed E-state index contributed by atoms with van der Waals surface area (Å²) >= 11 is 5.93. The van der Waals surface area contributed by atoms with Gasteiger partial charge in [-0.2, -0.15) is 0 Å². The van der Waals surface area contributed by atoms with Crippen LogP contribution in [0.2, 0.25) is 5.02 Å². The monoisotopic (exact) mass is 227 g/mol. The molecule has 0 heterocycles. The van der Waals surface area contributed by atoms with Gasteiger partial charge in [-0.05, 0) is 12.1 Å². The van der Waals surface area contributed by atoms with Crippen molar-refractivity contribution in [1.82, 2.24) is 4.90 Å². The number of hydrogen-bond donors (Lipinski definition) is 2. The van der Waals surface area contributed by atoms with Crippen LogP contribution in [0.1, 0.15) is 0 Å². The van der Waals surface area contributed by atoms with Crippen LogP contribution in [0, 0.1) is 0 Å². The van der Waals surface area contributed by atoms with Gasteiger partial charge in [0.2, 0.25) is 5.91 Å².